The van der Waals surface area contributed by atoms with Crippen molar-refractivity contribution < 1.29 is 44.5 Å². The zero-order valence-electron chi connectivity index (χ0n) is 17.6. The lowest BCUT2D eigenvalue weighted by molar-refractivity contribution is -0.384. The number of anilines is 1. The molecule has 15 heteroatoms. The fourth-order valence-corrected chi connectivity index (χ4v) is 4.74. The molecule has 35 heavy (non-hydrogen) atoms. The number of rotatable bonds is 5. The Bertz CT molecular complexity index is 1210. The Morgan fingerprint density at radius 3 is 1.97 bits per heavy atom. The van der Waals surface area contributed by atoms with Gasteiger partial charge in [0.15, 0.2) is 0 Å². The molecule has 2 aromatic rings. The summed E-state index contributed by atoms with van der Waals surface area (Å²) in [6.07, 6.45) is -10.4. The summed E-state index contributed by atoms with van der Waals surface area (Å²) in [5, 5.41) is 11.2. The van der Waals surface area contributed by atoms with Gasteiger partial charge in [0, 0.05) is 25.1 Å². The van der Waals surface area contributed by atoms with Crippen LogP contribution in [0.1, 0.15) is 24.0 Å². The first-order valence-corrected chi connectivity index (χ1v) is 11.4. The Labute approximate surface area is 194 Å². The highest BCUT2D eigenvalue weighted by atomic mass is 32.2. The highest BCUT2D eigenvalue weighted by Crippen LogP contribution is 2.37. The van der Waals surface area contributed by atoms with Crippen molar-refractivity contribution in [3.8, 4) is 0 Å². The Morgan fingerprint density at radius 1 is 0.971 bits per heavy atom. The molecule has 1 aliphatic rings. The van der Waals surface area contributed by atoms with Crippen LogP contribution in [0.4, 0.5) is 37.7 Å². The summed E-state index contributed by atoms with van der Waals surface area (Å²) in [4.78, 5) is 23.4. The number of nitrogens with zero attached hydrogens (tertiary/aromatic N) is 2. The summed E-state index contributed by atoms with van der Waals surface area (Å²) in [5.41, 5.74) is -3.54. The summed E-state index contributed by atoms with van der Waals surface area (Å²) >= 11 is 0. The zero-order valence-corrected chi connectivity index (χ0v) is 18.4. The van der Waals surface area contributed by atoms with Crippen molar-refractivity contribution in [2.45, 2.75) is 30.1 Å². The molecule has 0 atom stereocenters. The average molecular weight is 525 g/mol. The molecule has 0 spiro atoms. The predicted octanol–water partition coefficient (Wildman–Crippen LogP) is 4.35. The van der Waals surface area contributed by atoms with E-state index >= 15 is 0 Å². The van der Waals surface area contributed by atoms with Gasteiger partial charge in [-0.05, 0) is 37.1 Å². The van der Waals surface area contributed by atoms with Gasteiger partial charge in [0.2, 0.25) is 5.91 Å². The third-order valence-corrected chi connectivity index (χ3v) is 6.72. The molecule has 1 saturated heterocycles. The third-order valence-electron chi connectivity index (χ3n) is 5.39. The summed E-state index contributed by atoms with van der Waals surface area (Å²) in [7, 11) is -5.06. The van der Waals surface area contributed by atoms with Crippen LogP contribution in [-0.4, -0.2) is 32.3 Å². The standard InChI is InChI=1S/C20H17F6N3O5S/c21-19(22,23)13-9-14(20(24,25)26)11-15(10-13)35(33,34)27-18(30)12-5-7-28(8-6-12)16-3-1-2-4-17(16)29(31)32/h1-4,9-12H,5-8H2,(H,27,30). The summed E-state index contributed by atoms with van der Waals surface area (Å²) in [6.45, 7) is 0.259. The number of nitro benzene ring substituents is 1. The molecular weight excluding hydrogens is 508 g/mol. The van der Waals surface area contributed by atoms with E-state index in [9.17, 15) is 49.7 Å². The van der Waals surface area contributed by atoms with Crippen molar-refractivity contribution in [1.29, 1.82) is 0 Å². The van der Waals surface area contributed by atoms with Gasteiger partial charge in [-0.1, -0.05) is 12.1 Å². The van der Waals surface area contributed by atoms with Gasteiger partial charge >= 0.3 is 12.4 Å². The number of nitrogens with one attached hydrogen (secondary N) is 1. The van der Waals surface area contributed by atoms with E-state index in [0.717, 1.165) is 0 Å². The van der Waals surface area contributed by atoms with Crippen LogP contribution >= 0.6 is 0 Å². The van der Waals surface area contributed by atoms with Crippen LogP contribution in [-0.2, 0) is 27.2 Å². The minimum atomic E-state index is -5.26. The maximum absolute atomic E-state index is 13.0. The summed E-state index contributed by atoms with van der Waals surface area (Å²) in [5.74, 6) is -2.03. The minimum Gasteiger partial charge on any atom is -0.366 e. The van der Waals surface area contributed by atoms with E-state index in [4.69, 9.17) is 0 Å². The predicted molar refractivity (Wildman–Crippen MR) is 110 cm³/mol. The van der Waals surface area contributed by atoms with Crippen molar-refractivity contribution in [1.82, 2.24) is 4.72 Å². The number of halogens is 6. The molecule has 0 radical (unpaired) electrons. The van der Waals surface area contributed by atoms with E-state index < -0.39 is 55.1 Å². The van der Waals surface area contributed by atoms with Gasteiger partial charge in [-0.2, -0.15) is 26.3 Å². The maximum Gasteiger partial charge on any atom is 0.416 e. The maximum atomic E-state index is 13.0. The van der Waals surface area contributed by atoms with Gasteiger partial charge < -0.3 is 4.90 Å². The second-order valence-electron chi connectivity index (χ2n) is 7.72. The zero-order chi connectivity index (χ0) is 26.2. The number of piperidine rings is 1. The van der Waals surface area contributed by atoms with Gasteiger partial charge in [0.1, 0.15) is 5.69 Å². The molecule has 0 bridgehead atoms. The third kappa shape index (κ3) is 6.01. The van der Waals surface area contributed by atoms with Crippen molar-refractivity contribution >= 4 is 27.3 Å². The molecule has 1 amide bonds. The van der Waals surface area contributed by atoms with Crippen LogP contribution in [0.3, 0.4) is 0 Å². The van der Waals surface area contributed by atoms with E-state index in [-0.39, 0.29) is 49.8 Å². The van der Waals surface area contributed by atoms with E-state index in [1.54, 1.807) is 15.7 Å². The van der Waals surface area contributed by atoms with Gasteiger partial charge in [-0.15, -0.1) is 0 Å². The first-order chi connectivity index (χ1) is 16.1. The molecular formula is C20H17F6N3O5S. The lowest BCUT2D eigenvalue weighted by Crippen LogP contribution is -2.42. The summed E-state index contributed by atoms with van der Waals surface area (Å²) < 4.78 is 105. The number of alkyl halides is 6. The van der Waals surface area contributed by atoms with Gasteiger partial charge in [-0.3, -0.25) is 14.9 Å². The fraction of sp³-hybridized carbons (Fsp3) is 0.350. The Balaban J connectivity index is 1.77. The van der Waals surface area contributed by atoms with Gasteiger partial charge in [0.05, 0.1) is 20.9 Å². The quantitative estimate of drug-likeness (QED) is 0.353. The number of hydrogen-bond acceptors (Lipinski definition) is 6. The van der Waals surface area contributed by atoms with Crippen LogP contribution in [0.15, 0.2) is 47.4 Å². The molecule has 0 saturated carbocycles. The molecule has 8 nitrogen and oxygen atoms in total. The van der Waals surface area contributed by atoms with Crippen LogP contribution in [0, 0.1) is 16.0 Å². The lowest BCUT2D eigenvalue weighted by atomic mass is 9.96. The molecule has 190 valence electrons. The number of benzene rings is 2. The molecule has 1 aliphatic heterocycles. The summed E-state index contributed by atoms with van der Waals surface area (Å²) in [6, 6.07) is 5.67. The SMILES string of the molecule is O=C(NS(=O)(=O)c1cc(C(F)(F)F)cc(C(F)(F)F)c1)C1CCN(c2ccccc2[N+](=O)[O-])CC1. The van der Waals surface area contributed by atoms with E-state index in [2.05, 4.69) is 0 Å². The number of carbonyl (C=O) groups excluding carboxylic acids is 1. The van der Waals surface area contributed by atoms with Crippen molar-refractivity contribution in [2.24, 2.45) is 5.92 Å². The number of amides is 1. The molecule has 0 aromatic heterocycles. The molecule has 2 aromatic carbocycles. The van der Waals surface area contributed by atoms with Gasteiger partial charge in [0.25, 0.3) is 15.7 Å². The number of sulfonamides is 1. The number of nitro groups is 1. The van der Waals surface area contributed by atoms with Crippen LogP contribution < -0.4 is 9.62 Å². The normalized spacial score (nSPS) is 15.7. The molecule has 1 fully saturated rings. The van der Waals surface area contributed by atoms with E-state index in [1.807, 2.05) is 0 Å². The first kappa shape index (κ1) is 26.2. The topological polar surface area (TPSA) is 110 Å². The van der Waals surface area contributed by atoms with Crippen molar-refractivity contribution in [3.63, 3.8) is 0 Å². The molecule has 0 unspecified atom stereocenters. The second kappa shape index (κ2) is 9.36. The second-order valence-corrected chi connectivity index (χ2v) is 9.40. The number of hydrogen-bond donors (Lipinski definition) is 1. The minimum absolute atomic E-state index is 0.0159. The van der Waals surface area contributed by atoms with Crippen LogP contribution in [0.25, 0.3) is 0 Å². The van der Waals surface area contributed by atoms with E-state index in [1.165, 1.54) is 18.2 Å². The molecule has 3 rings (SSSR count). The van der Waals surface area contributed by atoms with Crippen molar-refractivity contribution in [3.05, 3.63) is 63.7 Å². The first-order valence-electron chi connectivity index (χ1n) is 9.94. The Morgan fingerprint density at radius 2 is 1.49 bits per heavy atom. The molecule has 0 aliphatic carbocycles. The number of carbonyl (C=O) groups is 1. The number of para-hydroxylation sites is 2. The van der Waals surface area contributed by atoms with Crippen LogP contribution in [0.5, 0.6) is 0 Å². The molecule has 1 N–H and O–H groups in total. The van der Waals surface area contributed by atoms with Gasteiger partial charge in [-0.25, -0.2) is 13.1 Å². The fourth-order valence-electron chi connectivity index (χ4n) is 3.62. The molecule has 1 heterocycles. The highest BCUT2D eigenvalue weighted by molar-refractivity contribution is 7.90. The van der Waals surface area contributed by atoms with Crippen LogP contribution in [0.2, 0.25) is 0 Å². The largest absolute Gasteiger partial charge is 0.416 e. The Hall–Kier alpha value is -3.36. The highest BCUT2D eigenvalue weighted by Gasteiger charge is 2.39. The Kier molecular flexibility index (Phi) is 7.02. The van der Waals surface area contributed by atoms with E-state index in [0.29, 0.717) is 5.69 Å². The lowest BCUT2D eigenvalue weighted by Gasteiger charge is -2.32. The average Bonchev–Trinajstić information content (AvgIpc) is 2.77. The monoisotopic (exact) mass is 525 g/mol. The van der Waals surface area contributed by atoms with Crippen molar-refractivity contribution in [2.75, 3.05) is 18.0 Å². The smallest absolute Gasteiger partial charge is 0.366 e.